The van der Waals surface area contributed by atoms with Gasteiger partial charge in [0.15, 0.2) is 0 Å². The van der Waals surface area contributed by atoms with Crippen molar-refractivity contribution in [2.24, 2.45) is 7.05 Å². The molecular weight excluding hydrogens is 228 g/mol. The molecule has 0 aromatic carbocycles. The van der Waals surface area contributed by atoms with Crippen molar-refractivity contribution in [3.05, 3.63) is 36.9 Å². The number of nitrogens with zero attached hydrogens (tertiary/aromatic N) is 4. The van der Waals surface area contributed by atoms with E-state index in [1.807, 2.05) is 33.3 Å². The Hall–Kier alpha value is -2.30. The molecule has 3 rings (SSSR count). The second-order valence-electron chi connectivity index (χ2n) is 3.68. The van der Waals surface area contributed by atoms with Gasteiger partial charge in [0.05, 0.1) is 12.4 Å². The van der Waals surface area contributed by atoms with Crippen LogP contribution < -0.4 is 0 Å². The van der Waals surface area contributed by atoms with Crippen molar-refractivity contribution in [1.29, 1.82) is 0 Å². The Morgan fingerprint density at radius 1 is 1.11 bits per heavy atom. The quantitative estimate of drug-likeness (QED) is 0.715. The van der Waals surface area contributed by atoms with Crippen LogP contribution in [0.15, 0.2) is 36.9 Å². The van der Waals surface area contributed by atoms with E-state index >= 15 is 0 Å². The summed E-state index contributed by atoms with van der Waals surface area (Å²) in [4.78, 5) is 0. The zero-order valence-corrected chi connectivity index (χ0v) is 10.7. The Labute approximate surface area is 105 Å². The van der Waals surface area contributed by atoms with Gasteiger partial charge in [-0.3, -0.25) is 4.68 Å². The molecular formula is C13H16N4O. The third-order valence-electron chi connectivity index (χ3n) is 2.52. The third-order valence-corrected chi connectivity index (χ3v) is 2.52. The van der Waals surface area contributed by atoms with Crippen LogP contribution in [0.1, 0.15) is 13.8 Å². The molecule has 5 nitrogen and oxygen atoms in total. The Morgan fingerprint density at radius 2 is 1.89 bits per heavy atom. The number of hydrogen-bond acceptors (Lipinski definition) is 3. The van der Waals surface area contributed by atoms with Gasteiger partial charge in [-0.25, -0.2) is 4.52 Å². The summed E-state index contributed by atoms with van der Waals surface area (Å²) in [6, 6.07) is 3.48. The fourth-order valence-corrected chi connectivity index (χ4v) is 1.74. The number of aromatic hydroxyl groups is 1. The van der Waals surface area contributed by atoms with Crippen LogP contribution in [0.5, 0.6) is 5.75 Å². The average molecular weight is 244 g/mol. The number of rotatable bonds is 1. The fraction of sp³-hybridized carbons (Fsp3) is 0.231. The predicted octanol–water partition coefficient (Wildman–Crippen LogP) is 2.47. The highest BCUT2D eigenvalue weighted by molar-refractivity contribution is 5.69. The van der Waals surface area contributed by atoms with E-state index in [1.54, 1.807) is 33.7 Å². The van der Waals surface area contributed by atoms with E-state index in [0.717, 1.165) is 11.1 Å². The van der Waals surface area contributed by atoms with Crippen molar-refractivity contribution >= 4 is 5.52 Å². The predicted molar refractivity (Wildman–Crippen MR) is 70.4 cm³/mol. The molecule has 3 aromatic heterocycles. The van der Waals surface area contributed by atoms with Crippen molar-refractivity contribution in [3.63, 3.8) is 0 Å². The lowest BCUT2D eigenvalue weighted by atomic mass is 10.1. The van der Waals surface area contributed by atoms with E-state index in [1.165, 1.54) is 0 Å². The van der Waals surface area contributed by atoms with Gasteiger partial charge in [0.25, 0.3) is 0 Å². The first-order valence-electron chi connectivity index (χ1n) is 5.89. The van der Waals surface area contributed by atoms with Crippen LogP contribution in [-0.4, -0.2) is 24.5 Å². The lowest BCUT2D eigenvalue weighted by molar-refractivity contribution is 0.478. The molecule has 0 saturated heterocycles. The van der Waals surface area contributed by atoms with Crippen molar-refractivity contribution in [1.82, 2.24) is 19.4 Å². The smallest absolute Gasteiger partial charge is 0.141 e. The van der Waals surface area contributed by atoms with Gasteiger partial charge < -0.3 is 5.11 Å². The SMILES string of the molecule is CC.Cn1cc(-c2cc(O)c3ccnn3c2)cn1. The van der Waals surface area contributed by atoms with E-state index in [0.29, 0.717) is 5.52 Å². The van der Waals surface area contributed by atoms with Crippen LogP contribution in [0.2, 0.25) is 0 Å². The van der Waals surface area contributed by atoms with Gasteiger partial charge in [0.2, 0.25) is 0 Å². The molecule has 0 atom stereocenters. The molecule has 0 unspecified atom stereocenters. The zero-order chi connectivity index (χ0) is 13.1. The van der Waals surface area contributed by atoms with Gasteiger partial charge in [-0.05, 0) is 12.1 Å². The highest BCUT2D eigenvalue weighted by Gasteiger charge is 2.06. The van der Waals surface area contributed by atoms with E-state index in [9.17, 15) is 5.11 Å². The standard InChI is InChI=1S/C11H10N4O.C2H6/c1-14-6-9(5-13-14)8-4-11(16)10-2-3-12-15(10)7-8;1-2/h2-7,16H,1H3;1-2H3. The summed E-state index contributed by atoms with van der Waals surface area (Å²) in [5.74, 6) is 0.221. The van der Waals surface area contributed by atoms with Crippen LogP contribution in [0.25, 0.3) is 16.6 Å². The van der Waals surface area contributed by atoms with E-state index in [4.69, 9.17) is 0 Å². The topological polar surface area (TPSA) is 55.3 Å². The van der Waals surface area contributed by atoms with Gasteiger partial charge in [-0.2, -0.15) is 10.2 Å². The van der Waals surface area contributed by atoms with E-state index in [-0.39, 0.29) is 5.75 Å². The Morgan fingerprint density at radius 3 is 2.56 bits per heavy atom. The Kier molecular flexibility index (Phi) is 3.32. The first-order chi connectivity index (χ1) is 8.74. The largest absolute Gasteiger partial charge is 0.506 e. The van der Waals surface area contributed by atoms with Crippen molar-refractivity contribution < 1.29 is 5.11 Å². The number of aryl methyl sites for hydroxylation is 1. The Bertz CT molecular complexity index is 654. The fourth-order valence-electron chi connectivity index (χ4n) is 1.74. The summed E-state index contributed by atoms with van der Waals surface area (Å²) in [6.45, 7) is 4.00. The van der Waals surface area contributed by atoms with Crippen LogP contribution in [0.4, 0.5) is 0 Å². The maximum atomic E-state index is 9.82. The minimum absolute atomic E-state index is 0.221. The molecule has 0 radical (unpaired) electrons. The summed E-state index contributed by atoms with van der Waals surface area (Å²) < 4.78 is 3.37. The molecule has 0 aliphatic carbocycles. The van der Waals surface area contributed by atoms with Gasteiger partial charge >= 0.3 is 0 Å². The van der Waals surface area contributed by atoms with Gasteiger partial charge in [0.1, 0.15) is 11.3 Å². The lowest BCUT2D eigenvalue weighted by Gasteiger charge is -2.01. The van der Waals surface area contributed by atoms with Crippen LogP contribution >= 0.6 is 0 Å². The number of fused-ring (bicyclic) bond motifs is 1. The van der Waals surface area contributed by atoms with Crippen LogP contribution in [0.3, 0.4) is 0 Å². The Balaban J connectivity index is 0.000000574. The normalized spacial score (nSPS) is 10.2. The first-order valence-corrected chi connectivity index (χ1v) is 5.89. The highest BCUT2D eigenvalue weighted by Crippen LogP contribution is 2.26. The minimum Gasteiger partial charge on any atom is -0.506 e. The van der Waals surface area contributed by atoms with E-state index < -0.39 is 0 Å². The molecule has 1 N–H and O–H groups in total. The molecule has 0 bridgehead atoms. The molecule has 0 aliphatic rings. The second kappa shape index (κ2) is 4.91. The molecule has 0 fully saturated rings. The molecule has 3 aromatic rings. The molecule has 0 aliphatic heterocycles. The molecule has 0 spiro atoms. The van der Waals surface area contributed by atoms with Gasteiger partial charge in [0, 0.05) is 30.6 Å². The maximum Gasteiger partial charge on any atom is 0.141 e. The first kappa shape index (κ1) is 12.2. The second-order valence-corrected chi connectivity index (χ2v) is 3.68. The number of pyridine rings is 1. The van der Waals surface area contributed by atoms with Gasteiger partial charge in [-0.15, -0.1) is 0 Å². The third kappa shape index (κ3) is 2.07. The van der Waals surface area contributed by atoms with Crippen molar-refractivity contribution in [2.75, 3.05) is 0 Å². The van der Waals surface area contributed by atoms with Crippen molar-refractivity contribution in [3.8, 4) is 16.9 Å². The lowest BCUT2D eigenvalue weighted by Crippen LogP contribution is -1.88. The molecule has 18 heavy (non-hydrogen) atoms. The maximum absolute atomic E-state index is 9.82. The minimum atomic E-state index is 0.221. The summed E-state index contributed by atoms with van der Waals surface area (Å²) >= 11 is 0. The molecule has 3 heterocycles. The van der Waals surface area contributed by atoms with Gasteiger partial charge in [-0.1, -0.05) is 13.8 Å². The number of hydrogen-bond donors (Lipinski definition) is 1. The van der Waals surface area contributed by atoms with Crippen molar-refractivity contribution in [2.45, 2.75) is 13.8 Å². The summed E-state index contributed by atoms with van der Waals surface area (Å²) in [5.41, 5.74) is 2.55. The number of aromatic nitrogens is 4. The molecule has 0 amide bonds. The summed E-state index contributed by atoms with van der Waals surface area (Å²) in [6.07, 6.45) is 7.17. The molecule has 94 valence electrons. The molecule has 0 saturated carbocycles. The monoisotopic (exact) mass is 244 g/mol. The zero-order valence-electron chi connectivity index (χ0n) is 10.7. The molecule has 5 heteroatoms. The summed E-state index contributed by atoms with van der Waals surface area (Å²) in [7, 11) is 1.86. The van der Waals surface area contributed by atoms with Crippen LogP contribution in [-0.2, 0) is 7.05 Å². The average Bonchev–Trinajstić information content (AvgIpc) is 3.00. The van der Waals surface area contributed by atoms with Crippen LogP contribution in [0, 0.1) is 0 Å². The van der Waals surface area contributed by atoms with E-state index in [2.05, 4.69) is 10.2 Å². The highest BCUT2D eigenvalue weighted by atomic mass is 16.3. The summed E-state index contributed by atoms with van der Waals surface area (Å²) in [5, 5.41) is 18.0.